The topological polar surface area (TPSA) is 217 Å². The molecule has 1 aliphatic carbocycles. The molecule has 0 unspecified atom stereocenters. The van der Waals surface area contributed by atoms with E-state index in [1.165, 1.54) is 19.2 Å². The Morgan fingerprint density at radius 1 is 0.803 bits per heavy atom. The quantitative estimate of drug-likeness (QED) is 0.0220. The summed E-state index contributed by atoms with van der Waals surface area (Å²) in [7, 11) is -11.7. The number of rotatable bonds is 19. The molecule has 2 aliphatic heterocycles. The molecule has 6 rings (SSSR count). The molecular weight excluding hydrogens is 943 g/mol. The predicted molar refractivity (Wildman–Crippen MR) is 247 cm³/mol. The fourth-order valence-corrected chi connectivity index (χ4v) is 11.1. The van der Waals surface area contributed by atoms with E-state index >= 15 is 8.78 Å². The lowest BCUT2D eigenvalue weighted by molar-refractivity contribution is -0.438. The van der Waals surface area contributed by atoms with Crippen LogP contribution in [0.25, 0.3) is 5.57 Å². The van der Waals surface area contributed by atoms with Gasteiger partial charge in [-0.25, -0.2) is 14.0 Å². The van der Waals surface area contributed by atoms with E-state index in [1.54, 1.807) is 24.3 Å². The van der Waals surface area contributed by atoms with Gasteiger partial charge in [-0.05, 0) is 111 Å². The van der Waals surface area contributed by atoms with E-state index in [4.69, 9.17) is 9.99 Å². The molecule has 0 aromatic heterocycles. The van der Waals surface area contributed by atoms with Crippen LogP contribution in [0.3, 0.4) is 0 Å². The molecule has 358 valence electrons. The third kappa shape index (κ3) is 11.5. The summed E-state index contributed by atoms with van der Waals surface area (Å²) in [6, 6.07) is 11.9. The van der Waals surface area contributed by atoms with Gasteiger partial charge >= 0.3 is 0 Å². The molecule has 0 fully saturated rings. The van der Waals surface area contributed by atoms with E-state index < -0.39 is 64.3 Å². The van der Waals surface area contributed by atoms with Crippen molar-refractivity contribution in [2.45, 2.75) is 93.3 Å². The molecular formula is C45H53F2N2O13S4+. The minimum absolute atomic E-state index is 0.0200. The van der Waals surface area contributed by atoms with Gasteiger partial charge in [0.05, 0.1) is 46.5 Å². The first-order valence-electron chi connectivity index (χ1n) is 21.0. The van der Waals surface area contributed by atoms with Crippen LogP contribution >= 0.6 is 12.0 Å². The second kappa shape index (κ2) is 20.1. The smallest absolute Gasteiger partial charge is 0.294 e. The van der Waals surface area contributed by atoms with Crippen molar-refractivity contribution in [1.82, 2.24) is 0 Å². The molecule has 0 amide bonds. The molecule has 0 spiro atoms. The minimum atomic E-state index is -4.58. The average molecular weight is 996 g/mol. The fourth-order valence-electron chi connectivity index (χ4n) is 9.01. The van der Waals surface area contributed by atoms with Crippen LogP contribution in [0.1, 0.15) is 89.3 Å². The van der Waals surface area contributed by atoms with Crippen LogP contribution in [0.4, 0.5) is 20.2 Å². The lowest BCUT2D eigenvalue weighted by Gasteiger charge is -2.28. The molecule has 0 radical (unpaired) electrons. The first kappa shape index (κ1) is 51.1. The average Bonchev–Trinajstić information content (AvgIpc) is 3.57. The predicted octanol–water partition coefficient (Wildman–Crippen LogP) is 9.16. The number of methoxy groups -OCH3 is 1. The Bertz CT molecular complexity index is 2870. The molecule has 3 aliphatic rings. The Balaban J connectivity index is 1.51. The van der Waals surface area contributed by atoms with Crippen molar-refractivity contribution in [3.63, 3.8) is 0 Å². The molecule has 21 heteroatoms. The van der Waals surface area contributed by atoms with Crippen molar-refractivity contribution in [1.29, 1.82) is 0 Å². The van der Waals surface area contributed by atoms with Crippen molar-refractivity contribution in [3.05, 3.63) is 118 Å². The third-order valence-corrected chi connectivity index (χ3v) is 15.2. The van der Waals surface area contributed by atoms with E-state index in [2.05, 4.69) is 9.37 Å². The SMILES string of the molecule is COc1cc(F)c(C2=C(C=CC3=[N+](CCCCS(=O)(=O)O)c4ccc(SOOO)cc4C3(C)C)CCCC2=CC=C2N(CCCCS(=O)(=O)O)c3ccc(S(=O)(=O)O)cc3C2(C)C)c(F)c1. The zero-order chi connectivity index (χ0) is 48.4. The number of allylic oxidation sites excluding steroid dienone is 8. The Morgan fingerprint density at radius 3 is 2.09 bits per heavy atom. The molecule has 0 bridgehead atoms. The van der Waals surface area contributed by atoms with Crippen LogP contribution < -0.4 is 9.64 Å². The normalized spacial score (nSPS) is 18.6. The number of anilines is 1. The maximum Gasteiger partial charge on any atom is 0.294 e. The minimum Gasteiger partial charge on any atom is -0.497 e. The Hall–Kier alpha value is -4.29. The van der Waals surface area contributed by atoms with Gasteiger partial charge in [-0.1, -0.05) is 31.0 Å². The molecule has 4 N–H and O–H groups in total. The van der Waals surface area contributed by atoms with Gasteiger partial charge in [-0.2, -0.15) is 29.8 Å². The van der Waals surface area contributed by atoms with Crippen molar-refractivity contribution < 1.29 is 71.6 Å². The molecule has 0 saturated heterocycles. The van der Waals surface area contributed by atoms with Crippen molar-refractivity contribution >= 4 is 65.1 Å². The number of ether oxygens (including phenoxy) is 1. The molecule has 0 atom stereocenters. The van der Waals surface area contributed by atoms with E-state index in [1.807, 2.05) is 61.5 Å². The first-order valence-corrected chi connectivity index (χ1v) is 26.4. The van der Waals surface area contributed by atoms with Gasteiger partial charge in [-0.3, -0.25) is 13.7 Å². The number of hydrogen-bond donors (Lipinski definition) is 4. The van der Waals surface area contributed by atoms with Gasteiger partial charge in [-0.15, -0.1) is 4.33 Å². The zero-order valence-corrected chi connectivity index (χ0v) is 40.2. The number of unbranched alkanes of at least 4 members (excludes halogenated alkanes) is 2. The lowest BCUT2D eigenvalue weighted by Crippen LogP contribution is -2.28. The highest BCUT2D eigenvalue weighted by molar-refractivity contribution is 7.94. The Kier molecular flexibility index (Phi) is 15.6. The summed E-state index contributed by atoms with van der Waals surface area (Å²) < 4.78 is 144. The van der Waals surface area contributed by atoms with Crippen LogP contribution in [0.2, 0.25) is 0 Å². The highest BCUT2D eigenvalue weighted by atomic mass is 32.2. The first-order chi connectivity index (χ1) is 30.9. The molecule has 15 nitrogen and oxygen atoms in total. The van der Waals surface area contributed by atoms with Crippen LogP contribution in [0.15, 0.2) is 99.5 Å². The highest BCUT2D eigenvalue weighted by Crippen LogP contribution is 2.50. The Morgan fingerprint density at radius 2 is 1.47 bits per heavy atom. The van der Waals surface area contributed by atoms with Gasteiger partial charge in [0, 0.05) is 64.5 Å². The summed E-state index contributed by atoms with van der Waals surface area (Å²) in [5.41, 5.74) is 3.93. The van der Waals surface area contributed by atoms with Crippen molar-refractivity contribution in [2.75, 3.05) is 36.6 Å². The largest absolute Gasteiger partial charge is 0.497 e. The zero-order valence-electron chi connectivity index (χ0n) is 37.0. The van der Waals surface area contributed by atoms with E-state index in [0.29, 0.717) is 77.2 Å². The van der Waals surface area contributed by atoms with Gasteiger partial charge in [0.25, 0.3) is 30.4 Å². The number of halogens is 2. The third-order valence-electron chi connectivity index (χ3n) is 12.2. The summed E-state index contributed by atoms with van der Waals surface area (Å²) >= 11 is 0.791. The Labute approximate surface area is 388 Å². The monoisotopic (exact) mass is 995 g/mol. The van der Waals surface area contributed by atoms with Crippen molar-refractivity contribution in [2.24, 2.45) is 0 Å². The summed E-state index contributed by atoms with van der Waals surface area (Å²) in [4.78, 5) is 2.20. The molecule has 2 heterocycles. The van der Waals surface area contributed by atoms with Crippen molar-refractivity contribution in [3.8, 4) is 5.75 Å². The summed E-state index contributed by atoms with van der Waals surface area (Å²) in [6.07, 6.45) is 9.72. The van der Waals surface area contributed by atoms with Gasteiger partial charge in [0.15, 0.2) is 5.71 Å². The van der Waals surface area contributed by atoms with Crippen LogP contribution in [-0.2, 0) is 50.6 Å². The van der Waals surface area contributed by atoms with Gasteiger partial charge < -0.3 is 9.64 Å². The number of fused-ring (bicyclic) bond motifs is 2. The van der Waals surface area contributed by atoms with E-state index in [0.717, 1.165) is 41.1 Å². The lowest BCUT2D eigenvalue weighted by atomic mass is 9.79. The number of benzene rings is 3. The van der Waals surface area contributed by atoms with Crippen LogP contribution in [0.5, 0.6) is 5.75 Å². The molecule has 3 aromatic rings. The summed E-state index contributed by atoms with van der Waals surface area (Å²) in [6.45, 7) is 8.32. The highest BCUT2D eigenvalue weighted by Gasteiger charge is 2.45. The van der Waals surface area contributed by atoms with Crippen LogP contribution in [-0.4, -0.2) is 86.2 Å². The molecule has 66 heavy (non-hydrogen) atoms. The number of nitrogens with zero attached hydrogens (tertiary/aromatic N) is 2. The van der Waals surface area contributed by atoms with E-state index in [-0.39, 0.29) is 35.6 Å². The van der Waals surface area contributed by atoms with Crippen LogP contribution in [0, 0.1) is 11.6 Å². The molecule has 3 aromatic carbocycles. The van der Waals surface area contributed by atoms with E-state index in [9.17, 15) is 38.9 Å². The molecule has 0 saturated carbocycles. The summed E-state index contributed by atoms with van der Waals surface area (Å²) in [5.74, 6) is -2.62. The second-order valence-electron chi connectivity index (χ2n) is 17.3. The number of hydrogen-bond acceptors (Lipinski definition) is 12. The maximum atomic E-state index is 16.3. The maximum absolute atomic E-state index is 16.3. The summed E-state index contributed by atoms with van der Waals surface area (Å²) in [5, 5.41) is 12.6. The fraction of sp³-hybridized carbons (Fsp3) is 0.400. The van der Waals surface area contributed by atoms with Gasteiger partial charge in [0.1, 0.15) is 23.9 Å². The van der Waals surface area contributed by atoms with Gasteiger partial charge in [0.2, 0.25) is 5.69 Å². The second-order valence-corrected chi connectivity index (χ2v) is 22.6. The standard InChI is InChI=1S/C45H52F2N2O13S4/c1-44(2)34-27-32(63-62-61-50)15-17-38(34)48(21-6-8-23-64(51,52)53)40(44)19-13-29-11-10-12-30(42(29)43-36(46)25-31(60-5)26-37(43)47)14-20-41-45(3,4)35-28-33(66(57,58)59)16-18-39(35)49(41)22-7-9-24-65(54,55)56/h13-20,25-28H,6-12,21-24H2,1-5H3,(H3-,50,51,52,53,54,55,56,57,58,59)/p+1.